The fraction of sp³-hybridized carbons (Fsp3) is 0.500. The number of hydrogen-bond acceptors (Lipinski definition) is 5. The van der Waals surface area contributed by atoms with Crippen molar-refractivity contribution < 1.29 is 18.5 Å². The molecule has 0 aromatic carbocycles. The average Bonchev–Trinajstić information content (AvgIpc) is 2.63. The first kappa shape index (κ1) is 18.2. The summed E-state index contributed by atoms with van der Waals surface area (Å²) in [6.07, 6.45) is 3.13. The van der Waals surface area contributed by atoms with E-state index in [-0.39, 0.29) is 10.9 Å². The van der Waals surface area contributed by atoms with Crippen LogP contribution in [0.15, 0.2) is 23.8 Å². The molecule has 0 unspecified atom stereocenters. The Hall–Kier alpha value is -1.18. The summed E-state index contributed by atoms with van der Waals surface area (Å²) in [4.78, 5) is 15.4. The molecule has 23 heavy (non-hydrogen) atoms. The van der Waals surface area contributed by atoms with E-state index in [1.54, 1.807) is 6.08 Å². The summed E-state index contributed by atoms with van der Waals surface area (Å²) in [5.74, 6) is 0.0448. The average molecular weight is 337 g/mol. The smallest absolute Gasteiger partial charge is 0.400 e. The molecule has 4 nitrogen and oxygen atoms in total. The summed E-state index contributed by atoms with van der Waals surface area (Å²) in [7, 11) is -0.586. The van der Waals surface area contributed by atoms with E-state index >= 15 is 0 Å². The molecule has 1 aliphatic heterocycles. The minimum absolute atomic E-state index is 0.000353. The van der Waals surface area contributed by atoms with Crippen LogP contribution in [0.25, 0.3) is 6.08 Å². The molecule has 0 radical (unpaired) electrons. The van der Waals surface area contributed by atoms with Crippen LogP contribution >= 0.6 is 11.8 Å². The van der Waals surface area contributed by atoms with Gasteiger partial charge in [0.1, 0.15) is 5.82 Å². The summed E-state index contributed by atoms with van der Waals surface area (Å²) >= 11 is 1.16. The Morgan fingerprint density at radius 3 is 2.48 bits per heavy atom. The molecule has 0 aliphatic carbocycles. The fourth-order valence-corrected chi connectivity index (χ4v) is 2.64. The van der Waals surface area contributed by atoms with Crippen molar-refractivity contribution in [2.24, 2.45) is 0 Å². The van der Waals surface area contributed by atoms with Crippen LogP contribution in [0.2, 0.25) is 0 Å². The second kappa shape index (κ2) is 6.75. The molecule has 0 amide bonds. The third-order valence-corrected chi connectivity index (χ3v) is 4.96. The van der Waals surface area contributed by atoms with Crippen molar-refractivity contribution in [3.63, 3.8) is 0 Å². The second-order valence-corrected chi connectivity index (χ2v) is 7.64. The Morgan fingerprint density at radius 2 is 1.96 bits per heavy atom. The quantitative estimate of drug-likeness (QED) is 0.787. The second-order valence-electron chi connectivity index (χ2n) is 6.49. The van der Waals surface area contributed by atoms with Gasteiger partial charge in [-0.25, -0.2) is 4.39 Å². The van der Waals surface area contributed by atoms with E-state index in [2.05, 4.69) is 4.98 Å². The lowest BCUT2D eigenvalue weighted by Gasteiger charge is -2.32. The highest BCUT2D eigenvalue weighted by Gasteiger charge is 2.52. The summed E-state index contributed by atoms with van der Waals surface area (Å²) < 4.78 is 25.4. The van der Waals surface area contributed by atoms with Crippen LogP contribution in [0.1, 0.15) is 40.3 Å². The van der Waals surface area contributed by atoms with Crippen LogP contribution in [0, 0.1) is 5.82 Å². The summed E-state index contributed by atoms with van der Waals surface area (Å²) in [6, 6.07) is 2.62. The highest BCUT2D eigenvalue weighted by Crippen LogP contribution is 2.39. The fourth-order valence-electron chi connectivity index (χ4n) is 2.05. The molecule has 1 aliphatic rings. The molecule has 0 saturated carbocycles. The maximum Gasteiger partial charge on any atom is 0.491 e. The number of pyridine rings is 1. The SMILES string of the molecule is CC(=O)SCC(=Cc1cc(F)ccn1)B1OC(C)(C)C(C)(C)O1. The highest BCUT2D eigenvalue weighted by molar-refractivity contribution is 8.13. The number of rotatable bonds is 4. The molecule has 1 fully saturated rings. The zero-order valence-electron chi connectivity index (χ0n) is 14.1. The lowest BCUT2D eigenvalue weighted by molar-refractivity contribution is -0.109. The van der Waals surface area contributed by atoms with Gasteiger partial charge in [-0.2, -0.15) is 0 Å². The maximum atomic E-state index is 13.4. The van der Waals surface area contributed by atoms with E-state index in [9.17, 15) is 9.18 Å². The summed E-state index contributed by atoms with van der Waals surface area (Å²) in [5.41, 5.74) is 0.265. The number of thioether (sulfide) groups is 1. The van der Waals surface area contributed by atoms with Gasteiger partial charge in [0, 0.05) is 18.9 Å². The van der Waals surface area contributed by atoms with Crippen LogP contribution in [0.5, 0.6) is 0 Å². The van der Waals surface area contributed by atoms with E-state index in [0.29, 0.717) is 11.4 Å². The van der Waals surface area contributed by atoms with Crippen LogP contribution in [0.4, 0.5) is 4.39 Å². The van der Waals surface area contributed by atoms with E-state index in [0.717, 1.165) is 17.2 Å². The first-order chi connectivity index (χ1) is 10.6. The predicted molar refractivity (Wildman–Crippen MR) is 91.4 cm³/mol. The Labute approximate surface area is 141 Å². The molecule has 7 heteroatoms. The molecule has 0 bridgehead atoms. The van der Waals surface area contributed by atoms with Gasteiger partial charge in [0.15, 0.2) is 5.12 Å². The van der Waals surface area contributed by atoms with E-state index in [1.807, 2.05) is 27.7 Å². The van der Waals surface area contributed by atoms with Gasteiger partial charge < -0.3 is 9.31 Å². The number of halogens is 1. The third-order valence-electron chi connectivity index (χ3n) is 4.07. The molecule has 124 valence electrons. The normalized spacial score (nSPS) is 19.9. The molecular formula is C16H21BFNO3S. The first-order valence-corrected chi connectivity index (χ1v) is 8.40. The van der Waals surface area contributed by atoms with Crippen LogP contribution in [0.3, 0.4) is 0 Å². The predicted octanol–water partition coefficient (Wildman–Crippen LogP) is 3.52. The van der Waals surface area contributed by atoms with Gasteiger partial charge in [0.2, 0.25) is 0 Å². The van der Waals surface area contributed by atoms with E-state index in [4.69, 9.17) is 9.31 Å². The van der Waals surface area contributed by atoms with E-state index < -0.39 is 18.3 Å². The molecule has 0 spiro atoms. The van der Waals surface area contributed by atoms with Crippen molar-refractivity contribution in [2.45, 2.75) is 45.8 Å². The molecule has 2 rings (SSSR count). The largest absolute Gasteiger partial charge is 0.491 e. The van der Waals surface area contributed by atoms with Crippen molar-refractivity contribution in [1.29, 1.82) is 0 Å². The molecular weight excluding hydrogens is 316 g/mol. The van der Waals surface area contributed by atoms with Crippen molar-refractivity contribution >= 4 is 30.1 Å². The van der Waals surface area contributed by atoms with Crippen molar-refractivity contribution in [1.82, 2.24) is 4.98 Å². The topological polar surface area (TPSA) is 48.4 Å². The van der Waals surface area contributed by atoms with E-state index in [1.165, 1.54) is 25.3 Å². The van der Waals surface area contributed by atoms with Gasteiger partial charge >= 0.3 is 7.12 Å². The zero-order chi connectivity index (χ0) is 17.3. The summed E-state index contributed by atoms with van der Waals surface area (Å²) in [5, 5.41) is -0.000353. The molecule has 1 aromatic rings. The highest BCUT2D eigenvalue weighted by atomic mass is 32.2. The molecule has 1 saturated heterocycles. The number of nitrogens with zero attached hydrogens (tertiary/aromatic N) is 1. The third kappa shape index (κ3) is 4.43. The summed E-state index contributed by atoms with van der Waals surface area (Å²) in [6.45, 7) is 9.35. The molecule has 0 atom stereocenters. The van der Waals surface area contributed by atoms with Crippen LogP contribution in [-0.2, 0) is 14.1 Å². The number of aromatic nitrogens is 1. The van der Waals surface area contributed by atoms with Crippen molar-refractivity contribution in [3.8, 4) is 0 Å². The Bertz CT molecular complexity index is 618. The number of carbonyl (C=O) groups excluding carboxylic acids is 1. The minimum Gasteiger partial charge on any atom is -0.400 e. The number of carbonyl (C=O) groups is 1. The molecule has 2 heterocycles. The first-order valence-electron chi connectivity index (χ1n) is 7.42. The standard InChI is InChI=1S/C16H21BFNO3S/c1-11(20)23-10-12(8-14-9-13(18)6-7-19-14)17-21-15(2,3)16(4,5)22-17/h6-9H,10H2,1-5H3. The lowest BCUT2D eigenvalue weighted by atomic mass is 9.78. The van der Waals surface area contributed by atoms with Crippen LogP contribution < -0.4 is 0 Å². The van der Waals surface area contributed by atoms with Crippen molar-refractivity contribution in [2.75, 3.05) is 5.75 Å². The molecule has 0 N–H and O–H groups in total. The van der Waals surface area contributed by atoms with Crippen LogP contribution in [-0.4, -0.2) is 34.2 Å². The van der Waals surface area contributed by atoms with Gasteiger partial charge in [-0.3, -0.25) is 9.78 Å². The minimum atomic E-state index is -0.586. The van der Waals surface area contributed by atoms with Gasteiger partial charge in [-0.05, 0) is 51.4 Å². The van der Waals surface area contributed by atoms with Gasteiger partial charge in [-0.15, -0.1) is 0 Å². The lowest BCUT2D eigenvalue weighted by Crippen LogP contribution is -2.41. The Balaban J connectivity index is 2.30. The van der Waals surface area contributed by atoms with Gasteiger partial charge in [0.05, 0.1) is 16.9 Å². The number of hydrogen-bond donors (Lipinski definition) is 0. The Kier molecular flexibility index (Phi) is 5.33. The van der Waals surface area contributed by atoms with Crippen molar-refractivity contribution in [3.05, 3.63) is 35.3 Å². The zero-order valence-corrected chi connectivity index (χ0v) is 14.9. The maximum absolute atomic E-state index is 13.4. The monoisotopic (exact) mass is 337 g/mol. The Morgan fingerprint density at radius 1 is 1.35 bits per heavy atom. The van der Waals surface area contributed by atoms with Gasteiger partial charge in [0.25, 0.3) is 0 Å². The molecule has 1 aromatic heterocycles. The van der Waals surface area contributed by atoms with Gasteiger partial charge in [-0.1, -0.05) is 11.8 Å².